The molecule has 62 valence electrons. The Morgan fingerprint density at radius 3 is 2.30 bits per heavy atom. The minimum Gasteiger partial charge on any atom is -0.306 e. The molecule has 0 saturated heterocycles. The molecule has 0 aliphatic heterocycles. The van der Waals surface area contributed by atoms with Crippen molar-refractivity contribution >= 4 is 0 Å². The van der Waals surface area contributed by atoms with Gasteiger partial charge in [-0.1, -0.05) is 27.2 Å². The van der Waals surface area contributed by atoms with E-state index in [-0.39, 0.29) is 0 Å². The van der Waals surface area contributed by atoms with Gasteiger partial charge in [-0.3, -0.25) is 0 Å². The standard InChI is InChI=1S/C9H21N/c1-5-7-10(4)8-9(3)6-2/h9H,5-8H2,1-4H3/t9-/m1/s1. The van der Waals surface area contributed by atoms with Gasteiger partial charge in [-0.15, -0.1) is 0 Å². The van der Waals surface area contributed by atoms with Crippen LogP contribution in [0.1, 0.15) is 33.6 Å². The zero-order valence-electron chi connectivity index (χ0n) is 7.85. The summed E-state index contributed by atoms with van der Waals surface area (Å²) < 4.78 is 0. The highest BCUT2D eigenvalue weighted by molar-refractivity contribution is 4.55. The summed E-state index contributed by atoms with van der Waals surface area (Å²) in [6.07, 6.45) is 2.57. The van der Waals surface area contributed by atoms with E-state index in [4.69, 9.17) is 0 Å². The fourth-order valence-corrected chi connectivity index (χ4v) is 1.13. The summed E-state index contributed by atoms with van der Waals surface area (Å²) in [6.45, 7) is 9.29. The molecule has 1 nitrogen and oxygen atoms in total. The zero-order chi connectivity index (χ0) is 7.98. The van der Waals surface area contributed by atoms with Crippen molar-refractivity contribution < 1.29 is 0 Å². The van der Waals surface area contributed by atoms with E-state index in [1.54, 1.807) is 0 Å². The van der Waals surface area contributed by atoms with E-state index in [0.29, 0.717) is 0 Å². The van der Waals surface area contributed by atoms with Crippen LogP contribution in [0.5, 0.6) is 0 Å². The topological polar surface area (TPSA) is 3.24 Å². The molecule has 0 aliphatic carbocycles. The van der Waals surface area contributed by atoms with Crippen LogP contribution in [-0.4, -0.2) is 25.0 Å². The molecule has 0 spiro atoms. The van der Waals surface area contributed by atoms with Crippen molar-refractivity contribution in [1.29, 1.82) is 0 Å². The summed E-state index contributed by atoms with van der Waals surface area (Å²) in [4.78, 5) is 2.41. The second kappa shape index (κ2) is 5.72. The first-order valence-corrected chi connectivity index (χ1v) is 4.39. The molecule has 0 N–H and O–H groups in total. The predicted molar refractivity (Wildman–Crippen MR) is 47.2 cm³/mol. The van der Waals surface area contributed by atoms with Crippen LogP contribution in [0.15, 0.2) is 0 Å². The van der Waals surface area contributed by atoms with Crippen LogP contribution >= 0.6 is 0 Å². The van der Waals surface area contributed by atoms with Gasteiger partial charge < -0.3 is 4.90 Å². The Labute approximate surface area is 65.4 Å². The molecule has 0 radical (unpaired) electrons. The Hall–Kier alpha value is -0.0400. The van der Waals surface area contributed by atoms with Gasteiger partial charge in [0.2, 0.25) is 0 Å². The van der Waals surface area contributed by atoms with Crippen molar-refractivity contribution in [2.45, 2.75) is 33.6 Å². The van der Waals surface area contributed by atoms with Crippen molar-refractivity contribution in [1.82, 2.24) is 4.90 Å². The summed E-state index contributed by atoms with van der Waals surface area (Å²) in [5.74, 6) is 0.858. The molecule has 0 aromatic carbocycles. The zero-order valence-corrected chi connectivity index (χ0v) is 7.85. The third kappa shape index (κ3) is 4.80. The van der Waals surface area contributed by atoms with Gasteiger partial charge in [0.15, 0.2) is 0 Å². The van der Waals surface area contributed by atoms with Crippen molar-refractivity contribution in [3.63, 3.8) is 0 Å². The Morgan fingerprint density at radius 2 is 1.90 bits per heavy atom. The molecule has 0 aliphatic rings. The van der Waals surface area contributed by atoms with Crippen molar-refractivity contribution in [3.8, 4) is 0 Å². The Kier molecular flexibility index (Phi) is 5.70. The van der Waals surface area contributed by atoms with Gasteiger partial charge in [0.25, 0.3) is 0 Å². The summed E-state index contributed by atoms with van der Waals surface area (Å²) in [5, 5.41) is 0. The molecule has 1 heteroatoms. The van der Waals surface area contributed by atoms with Crippen LogP contribution in [0.3, 0.4) is 0 Å². The molecule has 0 unspecified atom stereocenters. The van der Waals surface area contributed by atoms with E-state index in [0.717, 1.165) is 5.92 Å². The minimum atomic E-state index is 0.858. The lowest BCUT2D eigenvalue weighted by Crippen LogP contribution is -2.24. The lowest BCUT2D eigenvalue weighted by molar-refractivity contribution is 0.283. The van der Waals surface area contributed by atoms with E-state index in [1.165, 1.54) is 25.9 Å². The highest BCUT2D eigenvalue weighted by Crippen LogP contribution is 2.02. The van der Waals surface area contributed by atoms with Crippen LogP contribution in [-0.2, 0) is 0 Å². The van der Waals surface area contributed by atoms with Crippen molar-refractivity contribution in [3.05, 3.63) is 0 Å². The van der Waals surface area contributed by atoms with Crippen LogP contribution in [0.2, 0.25) is 0 Å². The third-order valence-corrected chi connectivity index (χ3v) is 1.93. The van der Waals surface area contributed by atoms with Gasteiger partial charge >= 0.3 is 0 Å². The van der Waals surface area contributed by atoms with E-state index < -0.39 is 0 Å². The summed E-state index contributed by atoms with van der Waals surface area (Å²) >= 11 is 0. The summed E-state index contributed by atoms with van der Waals surface area (Å²) in [5.41, 5.74) is 0. The normalized spacial score (nSPS) is 14.1. The highest BCUT2D eigenvalue weighted by Gasteiger charge is 2.01. The largest absolute Gasteiger partial charge is 0.306 e. The molecule has 0 amide bonds. The second-order valence-corrected chi connectivity index (χ2v) is 3.28. The molecule has 0 aromatic rings. The average molecular weight is 143 g/mol. The van der Waals surface area contributed by atoms with Gasteiger partial charge in [-0.25, -0.2) is 0 Å². The van der Waals surface area contributed by atoms with Gasteiger partial charge in [-0.2, -0.15) is 0 Å². The van der Waals surface area contributed by atoms with Crippen LogP contribution in [0.4, 0.5) is 0 Å². The first kappa shape index (κ1) is 9.96. The van der Waals surface area contributed by atoms with Gasteiger partial charge in [0.1, 0.15) is 0 Å². The molecule has 0 heterocycles. The Balaban J connectivity index is 3.27. The Bertz CT molecular complexity index is 71.1. The Morgan fingerprint density at radius 1 is 1.30 bits per heavy atom. The smallest absolute Gasteiger partial charge is 0.000386 e. The molecule has 0 saturated carbocycles. The fraction of sp³-hybridized carbons (Fsp3) is 1.00. The third-order valence-electron chi connectivity index (χ3n) is 1.93. The van der Waals surface area contributed by atoms with Crippen molar-refractivity contribution in [2.24, 2.45) is 5.92 Å². The maximum absolute atomic E-state index is 2.41. The van der Waals surface area contributed by atoms with Crippen LogP contribution in [0, 0.1) is 5.92 Å². The van der Waals surface area contributed by atoms with Crippen molar-refractivity contribution in [2.75, 3.05) is 20.1 Å². The van der Waals surface area contributed by atoms with Gasteiger partial charge in [0, 0.05) is 6.54 Å². The summed E-state index contributed by atoms with van der Waals surface area (Å²) in [7, 11) is 2.20. The maximum atomic E-state index is 2.41. The molecule has 0 fully saturated rings. The van der Waals surface area contributed by atoms with E-state index in [1.807, 2.05) is 0 Å². The van der Waals surface area contributed by atoms with E-state index in [9.17, 15) is 0 Å². The number of hydrogen-bond donors (Lipinski definition) is 0. The SMILES string of the molecule is CCCN(C)C[C@H](C)CC. The monoisotopic (exact) mass is 143 g/mol. The summed E-state index contributed by atoms with van der Waals surface area (Å²) in [6, 6.07) is 0. The molecule has 0 rings (SSSR count). The second-order valence-electron chi connectivity index (χ2n) is 3.28. The first-order valence-electron chi connectivity index (χ1n) is 4.39. The average Bonchev–Trinajstić information content (AvgIpc) is 1.88. The maximum Gasteiger partial charge on any atom is 0.000386 e. The van der Waals surface area contributed by atoms with Gasteiger partial charge in [-0.05, 0) is 25.9 Å². The lowest BCUT2D eigenvalue weighted by Gasteiger charge is -2.19. The first-order chi connectivity index (χ1) is 4.70. The predicted octanol–water partition coefficient (Wildman–Crippen LogP) is 2.37. The molecule has 10 heavy (non-hydrogen) atoms. The number of hydrogen-bond acceptors (Lipinski definition) is 1. The quantitative estimate of drug-likeness (QED) is 0.571. The highest BCUT2D eigenvalue weighted by atomic mass is 15.1. The van der Waals surface area contributed by atoms with Crippen LogP contribution in [0.25, 0.3) is 0 Å². The molecular formula is C9H21N. The fourth-order valence-electron chi connectivity index (χ4n) is 1.13. The van der Waals surface area contributed by atoms with E-state index >= 15 is 0 Å². The lowest BCUT2D eigenvalue weighted by atomic mass is 10.1. The number of nitrogens with zero attached hydrogens (tertiary/aromatic N) is 1. The van der Waals surface area contributed by atoms with E-state index in [2.05, 4.69) is 32.7 Å². The molecular weight excluding hydrogens is 122 g/mol. The number of rotatable bonds is 5. The molecule has 0 aromatic heterocycles. The minimum absolute atomic E-state index is 0.858. The van der Waals surface area contributed by atoms with Gasteiger partial charge in [0.05, 0.1) is 0 Å². The van der Waals surface area contributed by atoms with Crippen LogP contribution < -0.4 is 0 Å². The molecule has 1 atom stereocenters. The molecule has 0 bridgehead atoms.